The van der Waals surface area contributed by atoms with Crippen LogP contribution in [-0.2, 0) is 14.2 Å². The van der Waals surface area contributed by atoms with Crippen LogP contribution >= 0.6 is 0 Å². The lowest BCUT2D eigenvalue weighted by atomic mass is 10.3. The Labute approximate surface area is 105 Å². The first-order valence-electron chi connectivity index (χ1n) is 6.33. The van der Waals surface area contributed by atoms with E-state index in [1.54, 1.807) is 7.11 Å². The van der Waals surface area contributed by atoms with Gasteiger partial charge >= 0.3 is 0 Å². The predicted molar refractivity (Wildman–Crippen MR) is 67.1 cm³/mol. The Morgan fingerprint density at radius 3 is 2.18 bits per heavy atom. The van der Waals surface area contributed by atoms with Crippen LogP contribution in [0.4, 0.5) is 0 Å². The van der Waals surface area contributed by atoms with E-state index in [2.05, 4.69) is 4.90 Å². The number of rotatable bonds is 12. The number of nitrogens with zero attached hydrogens (tertiary/aromatic N) is 1. The second-order valence-electron chi connectivity index (χ2n) is 3.69. The minimum absolute atomic E-state index is 0.145. The lowest BCUT2D eigenvalue weighted by molar-refractivity contribution is -0.142. The standard InChI is InChI=1S/C12H27NO4/c1-4-16-12(17-5-2)6-7-13(8-10-14)9-11-15-3/h12,14H,4-11H2,1-3H3. The molecule has 104 valence electrons. The molecule has 0 saturated heterocycles. The molecule has 0 spiro atoms. The Bertz CT molecular complexity index is 151. The SMILES string of the molecule is CCOC(CCN(CCO)CCOC)OCC. The number of hydrogen-bond donors (Lipinski definition) is 1. The monoisotopic (exact) mass is 249 g/mol. The Kier molecular flexibility index (Phi) is 12.1. The average molecular weight is 249 g/mol. The summed E-state index contributed by atoms with van der Waals surface area (Å²) >= 11 is 0. The summed E-state index contributed by atoms with van der Waals surface area (Å²) in [6.45, 7) is 8.40. The topological polar surface area (TPSA) is 51.2 Å². The quantitative estimate of drug-likeness (QED) is 0.516. The molecule has 17 heavy (non-hydrogen) atoms. The summed E-state index contributed by atoms with van der Waals surface area (Å²) in [5.41, 5.74) is 0. The maximum Gasteiger partial charge on any atom is 0.158 e. The molecule has 5 heteroatoms. The van der Waals surface area contributed by atoms with Crippen molar-refractivity contribution in [3.05, 3.63) is 0 Å². The third kappa shape index (κ3) is 9.50. The molecule has 0 aliphatic heterocycles. The van der Waals surface area contributed by atoms with Gasteiger partial charge in [0.15, 0.2) is 6.29 Å². The molecule has 0 aliphatic rings. The van der Waals surface area contributed by atoms with Crippen molar-refractivity contribution >= 4 is 0 Å². The van der Waals surface area contributed by atoms with Crippen LogP contribution in [0.3, 0.4) is 0 Å². The van der Waals surface area contributed by atoms with Crippen LogP contribution in [0, 0.1) is 0 Å². The Morgan fingerprint density at radius 2 is 1.71 bits per heavy atom. The Balaban J connectivity index is 3.87. The first kappa shape index (κ1) is 16.8. The highest BCUT2D eigenvalue weighted by Gasteiger charge is 2.11. The molecule has 5 nitrogen and oxygen atoms in total. The van der Waals surface area contributed by atoms with Crippen molar-refractivity contribution in [2.75, 3.05) is 53.2 Å². The Hall–Kier alpha value is -0.200. The summed E-state index contributed by atoms with van der Waals surface area (Å²) in [5, 5.41) is 8.96. The van der Waals surface area contributed by atoms with E-state index < -0.39 is 0 Å². The van der Waals surface area contributed by atoms with Crippen molar-refractivity contribution in [3.8, 4) is 0 Å². The lowest BCUT2D eigenvalue weighted by Gasteiger charge is -2.24. The summed E-state index contributed by atoms with van der Waals surface area (Å²) in [5.74, 6) is 0. The number of ether oxygens (including phenoxy) is 3. The van der Waals surface area contributed by atoms with Gasteiger partial charge in [0.25, 0.3) is 0 Å². The highest BCUT2D eigenvalue weighted by Crippen LogP contribution is 2.03. The molecule has 0 heterocycles. The van der Waals surface area contributed by atoms with Gasteiger partial charge in [-0.3, -0.25) is 4.90 Å². The molecule has 0 saturated carbocycles. The van der Waals surface area contributed by atoms with Crippen molar-refractivity contribution in [3.63, 3.8) is 0 Å². The zero-order chi connectivity index (χ0) is 12.9. The van der Waals surface area contributed by atoms with E-state index in [4.69, 9.17) is 19.3 Å². The fraction of sp³-hybridized carbons (Fsp3) is 1.00. The summed E-state index contributed by atoms with van der Waals surface area (Å²) in [6.07, 6.45) is 0.666. The molecule has 0 aliphatic carbocycles. The zero-order valence-electron chi connectivity index (χ0n) is 11.4. The van der Waals surface area contributed by atoms with E-state index in [1.165, 1.54) is 0 Å². The molecule has 0 rings (SSSR count). The van der Waals surface area contributed by atoms with Gasteiger partial charge in [-0.05, 0) is 13.8 Å². The van der Waals surface area contributed by atoms with E-state index in [-0.39, 0.29) is 12.9 Å². The molecule has 0 aromatic rings. The maximum absolute atomic E-state index is 8.96. The molecule has 0 atom stereocenters. The van der Waals surface area contributed by atoms with Crippen LogP contribution in [0.5, 0.6) is 0 Å². The van der Waals surface area contributed by atoms with Crippen LogP contribution in [0.15, 0.2) is 0 Å². The first-order chi connectivity index (χ1) is 8.28. The number of methoxy groups -OCH3 is 1. The minimum atomic E-state index is -0.145. The van der Waals surface area contributed by atoms with Gasteiger partial charge in [-0.25, -0.2) is 0 Å². The largest absolute Gasteiger partial charge is 0.395 e. The highest BCUT2D eigenvalue weighted by molar-refractivity contribution is 4.59. The molecule has 0 unspecified atom stereocenters. The molecule has 0 bridgehead atoms. The first-order valence-corrected chi connectivity index (χ1v) is 6.33. The van der Waals surface area contributed by atoms with Crippen LogP contribution in [-0.4, -0.2) is 69.5 Å². The number of aliphatic hydroxyl groups excluding tert-OH is 1. The fourth-order valence-electron chi connectivity index (χ4n) is 1.57. The van der Waals surface area contributed by atoms with Gasteiger partial charge < -0.3 is 19.3 Å². The zero-order valence-corrected chi connectivity index (χ0v) is 11.4. The van der Waals surface area contributed by atoms with E-state index >= 15 is 0 Å². The van der Waals surface area contributed by atoms with Gasteiger partial charge in [0.05, 0.1) is 13.2 Å². The fourth-order valence-corrected chi connectivity index (χ4v) is 1.57. The number of aliphatic hydroxyl groups is 1. The maximum atomic E-state index is 8.96. The van der Waals surface area contributed by atoms with Crippen molar-refractivity contribution in [2.24, 2.45) is 0 Å². The third-order valence-electron chi connectivity index (χ3n) is 2.41. The van der Waals surface area contributed by atoms with E-state index in [0.717, 1.165) is 19.5 Å². The normalized spacial score (nSPS) is 11.6. The number of hydrogen-bond acceptors (Lipinski definition) is 5. The lowest BCUT2D eigenvalue weighted by Crippen LogP contribution is -2.34. The predicted octanol–water partition coefficient (Wildman–Crippen LogP) is 0.716. The van der Waals surface area contributed by atoms with Crippen LogP contribution < -0.4 is 0 Å². The van der Waals surface area contributed by atoms with E-state index in [9.17, 15) is 0 Å². The van der Waals surface area contributed by atoms with E-state index in [0.29, 0.717) is 26.4 Å². The van der Waals surface area contributed by atoms with Gasteiger partial charge in [-0.15, -0.1) is 0 Å². The van der Waals surface area contributed by atoms with Crippen LogP contribution in [0.1, 0.15) is 20.3 Å². The van der Waals surface area contributed by atoms with Gasteiger partial charge in [0, 0.05) is 46.4 Å². The molecular weight excluding hydrogens is 222 g/mol. The average Bonchev–Trinajstić information content (AvgIpc) is 2.33. The molecule has 0 aromatic heterocycles. The van der Waals surface area contributed by atoms with Crippen molar-refractivity contribution in [1.29, 1.82) is 0 Å². The van der Waals surface area contributed by atoms with Crippen LogP contribution in [0.2, 0.25) is 0 Å². The molecule has 0 aromatic carbocycles. The van der Waals surface area contributed by atoms with Gasteiger partial charge in [-0.2, -0.15) is 0 Å². The summed E-state index contributed by atoms with van der Waals surface area (Å²) < 4.78 is 16.0. The summed E-state index contributed by atoms with van der Waals surface area (Å²) in [7, 11) is 1.68. The molecule has 1 N–H and O–H groups in total. The second-order valence-corrected chi connectivity index (χ2v) is 3.69. The second kappa shape index (κ2) is 12.3. The van der Waals surface area contributed by atoms with Gasteiger partial charge in [-0.1, -0.05) is 0 Å². The minimum Gasteiger partial charge on any atom is -0.395 e. The summed E-state index contributed by atoms with van der Waals surface area (Å²) in [6, 6.07) is 0. The van der Waals surface area contributed by atoms with Crippen molar-refractivity contribution < 1.29 is 19.3 Å². The molecular formula is C12H27NO4. The van der Waals surface area contributed by atoms with Gasteiger partial charge in [0.2, 0.25) is 0 Å². The molecule has 0 fully saturated rings. The summed E-state index contributed by atoms with van der Waals surface area (Å²) in [4.78, 5) is 2.15. The third-order valence-corrected chi connectivity index (χ3v) is 2.41. The van der Waals surface area contributed by atoms with Crippen LogP contribution in [0.25, 0.3) is 0 Å². The van der Waals surface area contributed by atoms with Crippen molar-refractivity contribution in [1.82, 2.24) is 4.90 Å². The Morgan fingerprint density at radius 1 is 1.06 bits per heavy atom. The smallest absolute Gasteiger partial charge is 0.158 e. The van der Waals surface area contributed by atoms with Crippen molar-refractivity contribution in [2.45, 2.75) is 26.6 Å². The molecule has 0 radical (unpaired) electrons. The van der Waals surface area contributed by atoms with Gasteiger partial charge in [0.1, 0.15) is 0 Å². The molecule has 0 amide bonds. The highest BCUT2D eigenvalue weighted by atomic mass is 16.7. The van der Waals surface area contributed by atoms with E-state index in [1.807, 2.05) is 13.8 Å².